The monoisotopic (exact) mass is 329 g/mol. The Morgan fingerprint density at radius 1 is 1.35 bits per heavy atom. The van der Waals surface area contributed by atoms with Crippen LogP contribution in [0.4, 0.5) is 0 Å². The van der Waals surface area contributed by atoms with Gasteiger partial charge in [0.25, 0.3) is 5.91 Å². The van der Waals surface area contributed by atoms with Crippen LogP contribution in [0, 0.1) is 6.92 Å². The predicted octanol–water partition coefficient (Wildman–Crippen LogP) is 2.87. The normalized spacial score (nSPS) is 25.5. The fraction of sp³-hybridized carbons (Fsp3) is 0.412. The highest BCUT2D eigenvalue weighted by molar-refractivity contribution is 7.13. The zero-order valence-corrected chi connectivity index (χ0v) is 13.7. The molecular weight excluding hydrogens is 310 g/mol. The second-order valence-electron chi connectivity index (χ2n) is 6.19. The van der Waals surface area contributed by atoms with Crippen molar-refractivity contribution in [2.24, 2.45) is 0 Å². The standard InChI is InChI=1S/C17H19N3O2S/c1-10-18-9-16(23-10)22-13-5-2-11(3-6-13)17(21)20-15-8-12-4-7-14(15)19-12/h2-3,5-6,9,12,14-15,19H,4,7-8H2,1H3,(H,20,21). The number of carbonyl (C=O) groups is 1. The summed E-state index contributed by atoms with van der Waals surface area (Å²) in [6.07, 6.45) is 5.15. The summed E-state index contributed by atoms with van der Waals surface area (Å²) in [7, 11) is 0. The van der Waals surface area contributed by atoms with Gasteiger partial charge in [0.15, 0.2) is 0 Å². The molecule has 0 saturated carbocycles. The summed E-state index contributed by atoms with van der Waals surface area (Å²) in [5.41, 5.74) is 0.667. The number of amides is 1. The number of nitrogens with one attached hydrogen (secondary N) is 2. The third kappa shape index (κ3) is 3.09. The Morgan fingerprint density at radius 2 is 2.17 bits per heavy atom. The molecule has 2 fully saturated rings. The van der Waals surface area contributed by atoms with E-state index in [9.17, 15) is 4.79 Å². The zero-order chi connectivity index (χ0) is 15.8. The minimum Gasteiger partial charge on any atom is -0.445 e. The maximum Gasteiger partial charge on any atom is 0.251 e. The van der Waals surface area contributed by atoms with Crippen LogP contribution in [0.2, 0.25) is 0 Å². The van der Waals surface area contributed by atoms with Crippen LogP contribution in [0.15, 0.2) is 30.5 Å². The highest BCUT2D eigenvalue weighted by Gasteiger charge is 2.39. The van der Waals surface area contributed by atoms with E-state index in [-0.39, 0.29) is 11.9 Å². The Labute approximate surface area is 139 Å². The van der Waals surface area contributed by atoms with Crippen molar-refractivity contribution in [1.82, 2.24) is 15.6 Å². The number of hydrogen-bond acceptors (Lipinski definition) is 5. The van der Waals surface area contributed by atoms with Gasteiger partial charge in [-0.05, 0) is 50.5 Å². The lowest BCUT2D eigenvalue weighted by Crippen LogP contribution is -2.42. The second-order valence-corrected chi connectivity index (χ2v) is 7.39. The molecule has 2 bridgehead atoms. The van der Waals surface area contributed by atoms with Crippen LogP contribution in [-0.4, -0.2) is 29.0 Å². The molecule has 2 saturated heterocycles. The van der Waals surface area contributed by atoms with Crippen molar-refractivity contribution in [1.29, 1.82) is 0 Å². The highest BCUT2D eigenvalue weighted by atomic mass is 32.1. The number of aromatic nitrogens is 1. The summed E-state index contributed by atoms with van der Waals surface area (Å²) in [6, 6.07) is 8.55. The third-order valence-electron chi connectivity index (χ3n) is 4.55. The molecule has 3 atom stereocenters. The molecule has 0 aliphatic carbocycles. The Kier molecular flexibility index (Phi) is 3.79. The molecule has 0 radical (unpaired) electrons. The van der Waals surface area contributed by atoms with E-state index >= 15 is 0 Å². The van der Waals surface area contributed by atoms with Gasteiger partial charge in [-0.15, -0.1) is 0 Å². The van der Waals surface area contributed by atoms with Crippen LogP contribution in [0.1, 0.15) is 34.6 Å². The molecule has 2 aromatic rings. The lowest BCUT2D eigenvalue weighted by molar-refractivity contribution is 0.0931. The first-order valence-electron chi connectivity index (χ1n) is 7.94. The molecule has 23 heavy (non-hydrogen) atoms. The fourth-order valence-electron chi connectivity index (χ4n) is 3.41. The molecule has 2 N–H and O–H groups in total. The van der Waals surface area contributed by atoms with Crippen molar-refractivity contribution < 1.29 is 9.53 Å². The van der Waals surface area contributed by atoms with Gasteiger partial charge in [-0.3, -0.25) is 4.79 Å². The summed E-state index contributed by atoms with van der Waals surface area (Å²) in [4.78, 5) is 16.5. The van der Waals surface area contributed by atoms with E-state index in [1.807, 2.05) is 19.1 Å². The molecule has 6 heteroatoms. The second kappa shape index (κ2) is 5.94. The van der Waals surface area contributed by atoms with Gasteiger partial charge in [-0.25, -0.2) is 4.98 Å². The van der Waals surface area contributed by atoms with E-state index in [1.165, 1.54) is 17.8 Å². The molecule has 0 spiro atoms. The SMILES string of the molecule is Cc1ncc(Oc2ccc(C(=O)NC3CC4CCC3N4)cc2)s1. The first-order valence-corrected chi connectivity index (χ1v) is 8.76. The van der Waals surface area contributed by atoms with Crippen LogP contribution in [-0.2, 0) is 0 Å². The number of thiazole rings is 1. The van der Waals surface area contributed by atoms with E-state index in [0.717, 1.165) is 22.9 Å². The molecule has 1 amide bonds. The van der Waals surface area contributed by atoms with Crippen molar-refractivity contribution in [3.63, 3.8) is 0 Å². The number of aryl methyl sites for hydroxylation is 1. The topological polar surface area (TPSA) is 63.2 Å². The van der Waals surface area contributed by atoms with E-state index in [4.69, 9.17) is 4.74 Å². The van der Waals surface area contributed by atoms with Crippen LogP contribution < -0.4 is 15.4 Å². The highest BCUT2D eigenvalue weighted by Crippen LogP contribution is 2.29. The first kappa shape index (κ1) is 14.7. The van der Waals surface area contributed by atoms with Crippen molar-refractivity contribution >= 4 is 17.2 Å². The Balaban J connectivity index is 1.38. The minimum atomic E-state index is -0.00969. The van der Waals surface area contributed by atoms with Crippen LogP contribution >= 0.6 is 11.3 Å². The van der Waals surface area contributed by atoms with Gasteiger partial charge in [-0.1, -0.05) is 11.3 Å². The Hall–Kier alpha value is -1.92. The lowest BCUT2D eigenvalue weighted by atomic mass is 9.95. The maximum absolute atomic E-state index is 12.4. The number of hydrogen-bond donors (Lipinski definition) is 2. The van der Waals surface area contributed by atoms with Gasteiger partial charge in [-0.2, -0.15) is 0 Å². The van der Waals surface area contributed by atoms with Crippen LogP contribution in [0.3, 0.4) is 0 Å². The smallest absolute Gasteiger partial charge is 0.251 e. The maximum atomic E-state index is 12.4. The summed E-state index contributed by atoms with van der Waals surface area (Å²) >= 11 is 1.50. The summed E-state index contributed by atoms with van der Waals surface area (Å²) in [5, 5.41) is 8.41. The van der Waals surface area contributed by atoms with Crippen molar-refractivity contribution in [3.8, 4) is 10.8 Å². The van der Waals surface area contributed by atoms with Crippen molar-refractivity contribution in [3.05, 3.63) is 41.0 Å². The number of nitrogens with zero attached hydrogens (tertiary/aromatic N) is 1. The minimum absolute atomic E-state index is 0.00969. The van der Waals surface area contributed by atoms with E-state index in [2.05, 4.69) is 15.6 Å². The lowest BCUT2D eigenvalue weighted by Gasteiger charge is -2.21. The van der Waals surface area contributed by atoms with Crippen molar-refractivity contribution in [2.75, 3.05) is 0 Å². The zero-order valence-electron chi connectivity index (χ0n) is 12.9. The van der Waals surface area contributed by atoms with Gasteiger partial charge in [0.05, 0.1) is 11.2 Å². The third-order valence-corrected chi connectivity index (χ3v) is 5.34. The van der Waals surface area contributed by atoms with Gasteiger partial charge in [0.2, 0.25) is 5.06 Å². The van der Waals surface area contributed by atoms with Crippen LogP contribution in [0.5, 0.6) is 10.8 Å². The van der Waals surface area contributed by atoms with Gasteiger partial charge < -0.3 is 15.4 Å². The molecule has 3 heterocycles. The number of ether oxygens (including phenoxy) is 1. The Morgan fingerprint density at radius 3 is 2.78 bits per heavy atom. The molecular formula is C17H19N3O2S. The van der Waals surface area contributed by atoms with E-state index in [0.29, 0.717) is 23.4 Å². The molecule has 1 aromatic carbocycles. The summed E-state index contributed by atoms with van der Waals surface area (Å²) in [6.45, 7) is 1.94. The number of rotatable bonds is 4. The Bertz CT molecular complexity index is 713. The fourth-order valence-corrected chi connectivity index (χ4v) is 4.05. The number of fused-ring (bicyclic) bond motifs is 2. The molecule has 5 nitrogen and oxygen atoms in total. The molecule has 4 rings (SSSR count). The average molecular weight is 329 g/mol. The first-order chi connectivity index (χ1) is 11.2. The molecule has 120 valence electrons. The predicted molar refractivity (Wildman–Crippen MR) is 89.2 cm³/mol. The van der Waals surface area contributed by atoms with Gasteiger partial charge >= 0.3 is 0 Å². The number of carbonyl (C=O) groups excluding carboxylic acids is 1. The summed E-state index contributed by atoms with van der Waals surface area (Å²) in [5.74, 6) is 0.705. The molecule has 2 aliphatic rings. The molecule has 2 aliphatic heterocycles. The van der Waals surface area contributed by atoms with E-state index < -0.39 is 0 Å². The van der Waals surface area contributed by atoms with E-state index in [1.54, 1.807) is 18.3 Å². The van der Waals surface area contributed by atoms with Gasteiger partial charge in [0, 0.05) is 23.7 Å². The molecule has 1 aromatic heterocycles. The largest absolute Gasteiger partial charge is 0.445 e. The summed E-state index contributed by atoms with van der Waals surface area (Å²) < 4.78 is 5.72. The quantitative estimate of drug-likeness (QED) is 0.905. The van der Waals surface area contributed by atoms with Crippen molar-refractivity contribution in [2.45, 2.75) is 44.3 Å². The van der Waals surface area contributed by atoms with Gasteiger partial charge in [0.1, 0.15) is 5.75 Å². The molecule has 3 unspecified atom stereocenters. The van der Waals surface area contributed by atoms with Crippen LogP contribution in [0.25, 0.3) is 0 Å². The number of benzene rings is 1. The average Bonchev–Trinajstić information content (AvgIpc) is 3.25.